The summed E-state index contributed by atoms with van der Waals surface area (Å²) in [6.07, 6.45) is 1.18. The predicted molar refractivity (Wildman–Crippen MR) is 74.7 cm³/mol. The molecule has 0 saturated carbocycles. The Labute approximate surface area is 110 Å². The summed E-state index contributed by atoms with van der Waals surface area (Å²) in [5.74, 6) is 1.10. The first-order valence-corrected chi connectivity index (χ1v) is 6.77. The molecule has 0 radical (unpaired) electrons. The van der Waals surface area contributed by atoms with Gasteiger partial charge in [0.15, 0.2) is 0 Å². The van der Waals surface area contributed by atoms with E-state index in [0.717, 1.165) is 30.8 Å². The van der Waals surface area contributed by atoms with Crippen molar-refractivity contribution < 1.29 is 5.11 Å². The quantitative estimate of drug-likeness (QED) is 0.860. The van der Waals surface area contributed by atoms with E-state index in [9.17, 15) is 5.11 Å². The molecule has 2 N–H and O–H groups in total. The van der Waals surface area contributed by atoms with E-state index in [2.05, 4.69) is 24.2 Å². The fourth-order valence-corrected chi connectivity index (χ4v) is 2.76. The number of aryl methyl sites for hydroxylation is 1. The van der Waals surface area contributed by atoms with Crippen molar-refractivity contribution >= 4 is 0 Å². The van der Waals surface area contributed by atoms with Gasteiger partial charge in [0, 0.05) is 24.7 Å². The van der Waals surface area contributed by atoms with Crippen molar-refractivity contribution in [2.45, 2.75) is 32.9 Å². The maximum atomic E-state index is 9.99. The second-order valence-corrected chi connectivity index (χ2v) is 5.60. The molecule has 3 heteroatoms. The number of nitrogens with one attached hydrogen (secondary N) is 1. The molecule has 1 aliphatic heterocycles. The Morgan fingerprint density at radius 1 is 1.44 bits per heavy atom. The maximum Gasteiger partial charge on any atom is 0.122 e. The fourth-order valence-electron chi connectivity index (χ4n) is 2.76. The number of likely N-dealkylation sites (tertiary alicyclic amines) is 1. The van der Waals surface area contributed by atoms with Crippen LogP contribution in [-0.2, 0) is 6.54 Å². The van der Waals surface area contributed by atoms with Gasteiger partial charge < -0.3 is 15.3 Å². The molecular weight excluding hydrogens is 224 g/mol. The molecule has 3 nitrogen and oxygen atoms in total. The van der Waals surface area contributed by atoms with Gasteiger partial charge in [0.1, 0.15) is 5.75 Å². The number of rotatable bonds is 3. The lowest BCUT2D eigenvalue weighted by molar-refractivity contribution is 0.174. The fraction of sp³-hybridized carbons (Fsp3) is 0.600. The Kier molecular flexibility index (Phi) is 4.25. The van der Waals surface area contributed by atoms with E-state index in [-0.39, 0.29) is 0 Å². The highest BCUT2D eigenvalue weighted by atomic mass is 16.3. The molecule has 1 aromatic rings. The van der Waals surface area contributed by atoms with E-state index >= 15 is 0 Å². The number of phenols is 1. The molecule has 0 aromatic heterocycles. The van der Waals surface area contributed by atoms with Crippen LogP contribution in [0.5, 0.6) is 5.75 Å². The minimum atomic E-state index is 0.436. The molecule has 1 heterocycles. The standard InChI is InChI=1S/C15H24N2O/c1-11-5-4-6-13(15(11)18)9-16-14-7-8-17(3)10-12(14)2/h4-6,12,14,16,18H,7-10H2,1-3H3. The van der Waals surface area contributed by atoms with Crippen LogP contribution in [0.15, 0.2) is 18.2 Å². The van der Waals surface area contributed by atoms with Crippen molar-refractivity contribution in [3.8, 4) is 5.75 Å². The summed E-state index contributed by atoms with van der Waals surface area (Å²) in [6, 6.07) is 6.50. The van der Waals surface area contributed by atoms with Crippen molar-refractivity contribution in [2.24, 2.45) is 5.92 Å². The number of nitrogens with zero attached hydrogens (tertiary/aromatic N) is 1. The third-order valence-electron chi connectivity index (χ3n) is 3.98. The van der Waals surface area contributed by atoms with Crippen LogP contribution in [-0.4, -0.2) is 36.2 Å². The maximum absolute atomic E-state index is 9.99. The topological polar surface area (TPSA) is 35.5 Å². The zero-order valence-corrected chi connectivity index (χ0v) is 11.6. The monoisotopic (exact) mass is 248 g/mol. The summed E-state index contributed by atoms with van der Waals surface area (Å²) in [6.45, 7) is 7.30. The number of piperidine rings is 1. The molecule has 1 aromatic carbocycles. The van der Waals surface area contributed by atoms with E-state index in [0.29, 0.717) is 17.7 Å². The average Bonchev–Trinajstić information content (AvgIpc) is 2.33. The number of aromatic hydroxyl groups is 1. The number of hydrogen-bond acceptors (Lipinski definition) is 3. The first kappa shape index (κ1) is 13.4. The molecule has 0 spiro atoms. The van der Waals surface area contributed by atoms with Crippen molar-refractivity contribution in [1.82, 2.24) is 10.2 Å². The molecule has 100 valence electrons. The van der Waals surface area contributed by atoms with Crippen LogP contribution in [0.3, 0.4) is 0 Å². The Hall–Kier alpha value is -1.06. The predicted octanol–water partition coefficient (Wildman–Crippen LogP) is 2.13. The highest BCUT2D eigenvalue weighted by Gasteiger charge is 2.23. The lowest BCUT2D eigenvalue weighted by Gasteiger charge is -2.35. The lowest BCUT2D eigenvalue weighted by Crippen LogP contribution is -2.46. The average molecular weight is 248 g/mol. The van der Waals surface area contributed by atoms with Gasteiger partial charge in [-0.15, -0.1) is 0 Å². The molecule has 0 aliphatic carbocycles. The highest BCUT2D eigenvalue weighted by Crippen LogP contribution is 2.22. The summed E-state index contributed by atoms with van der Waals surface area (Å²) < 4.78 is 0. The second-order valence-electron chi connectivity index (χ2n) is 5.60. The summed E-state index contributed by atoms with van der Waals surface area (Å²) in [5.41, 5.74) is 1.95. The largest absolute Gasteiger partial charge is 0.507 e. The Morgan fingerprint density at radius 3 is 2.94 bits per heavy atom. The van der Waals surface area contributed by atoms with Crippen LogP contribution in [0.1, 0.15) is 24.5 Å². The SMILES string of the molecule is Cc1cccc(CNC2CCN(C)CC2C)c1O. The van der Waals surface area contributed by atoms with Gasteiger partial charge in [-0.05, 0) is 38.4 Å². The van der Waals surface area contributed by atoms with E-state index in [1.165, 1.54) is 6.42 Å². The number of phenolic OH excluding ortho intramolecular Hbond substituents is 1. The molecule has 2 atom stereocenters. The Morgan fingerprint density at radius 2 is 2.22 bits per heavy atom. The van der Waals surface area contributed by atoms with E-state index < -0.39 is 0 Å². The summed E-state index contributed by atoms with van der Waals surface area (Å²) in [4.78, 5) is 2.38. The first-order valence-electron chi connectivity index (χ1n) is 6.77. The number of hydrogen-bond donors (Lipinski definition) is 2. The van der Waals surface area contributed by atoms with Gasteiger partial charge in [-0.25, -0.2) is 0 Å². The lowest BCUT2D eigenvalue weighted by atomic mass is 9.94. The van der Waals surface area contributed by atoms with Crippen molar-refractivity contribution in [1.29, 1.82) is 0 Å². The molecular formula is C15H24N2O. The minimum absolute atomic E-state index is 0.436. The van der Waals surface area contributed by atoms with Crippen molar-refractivity contribution in [3.05, 3.63) is 29.3 Å². The van der Waals surface area contributed by atoms with Crippen LogP contribution in [0.2, 0.25) is 0 Å². The van der Waals surface area contributed by atoms with Gasteiger partial charge in [0.2, 0.25) is 0 Å². The molecule has 18 heavy (non-hydrogen) atoms. The third kappa shape index (κ3) is 3.03. The third-order valence-corrected chi connectivity index (χ3v) is 3.98. The molecule has 1 fully saturated rings. The molecule has 1 saturated heterocycles. The summed E-state index contributed by atoms with van der Waals surface area (Å²) in [7, 11) is 2.18. The van der Waals surface area contributed by atoms with E-state index in [1.54, 1.807) is 0 Å². The smallest absolute Gasteiger partial charge is 0.122 e. The minimum Gasteiger partial charge on any atom is -0.507 e. The molecule has 2 rings (SSSR count). The molecule has 1 aliphatic rings. The Bertz CT molecular complexity index is 405. The zero-order chi connectivity index (χ0) is 13.1. The van der Waals surface area contributed by atoms with E-state index in [1.807, 2.05) is 25.1 Å². The van der Waals surface area contributed by atoms with Crippen LogP contribution in [0, 0.1) is 12.8 Å². The van der Waals surface area contributed by atoms with Gasteiger partial charge in [-0.3, -0.25) is 0 Å². The van der Waals surface area contributed by atoms with Crippen LogP contribution in [0.25, 0.3) is 0 Å². The first-order chi connectivity index (χ1) is 8.58. The van der Waals surface area contributed by atoms with Gasteiger partial charge in [-0.1, -0.05) is 25.1 Å². The molecule has 0 amide bonds. The van der Waals surface area contributed by atoms with Crippen LogP contribution < -0.4 is 5.32 Å². The normalized spacial score (nSPS) is 25.3. The summed E-state index contributed by atoms with van der Waals surface area (Å²) in [5, 5.41) is 13.6. The van der Waals surface area contributed by atoms with Gasteiger partial charge >= 0.3 is 0 Å². The van der Waals surface area contributed by atoms with Gasteiger partial charge in [0.05, 0.1) is 0 Å². The zero-order valence-electron chi connectivity index (χ0n) is 11.6. The van der Waals surface area contributed by atoms with Crippen LogP contribution >= 0.6 is 0 Å². The number of benzene rings is 1. The number of para-hydroxylation sites is 1. The highest BCUT2D eigenvalue weighted by molar-refractivity contribution is 5.39. The second kappa shape index (κ2) is 5.72. The summed E-state index contributed by atoms with van der Waals surface area (Å²) >= 11 is 0. The van der Waals surface area contributed by atoms with E-state index in [4.69, 9.17) is 0 Å². The Balaban J connectivity index is 1.93. The van der Waals surface area contributed by atoms with Gasteiger partial charge in [0.25, 0.3) is 0 Å². The van der Waals surface area contributed by atoms with Crippen molar-refractivity contribution in [2.75, 3.05) is 20.1 Å². The molecule has 2 unspecified atom stereocenters. The molecule has 0 bridgehead atoms. The van der Waals surface area contributed by atoms with Gasteiger partial charge in [-0.2, -0.15) is 0 Å². The van der Waals surface area contributed by atoms with Crippen LogP contribution in [0.4, 0.5) is 0 Å². The van der Waals surface area contributed by atoms with Crippen molar-refractivity contribution in [3.63, 3.8) is 0 Å².